The van der Waals surface area contributed by atoms with Gasteiger partial charge in [-0.2, -0.15) is 0 Å². The van der Waals surface area contributed by atoms with Gasteiger partial charge in [0.1, 0.15) is 11.6 Å². The van der Waals surface area contributed by atoms with Gasteiger partial charge in [0, 0.05) is 41.5 Å². The molecule has 104 valence electrons. The molecule has 0 fully saturated rings. The smallest absolute Gasteiger partial charge is 0.137 e. The molecule has 0 heterocycles. The van der Waals surface area contributed by atoms with Gasteiger partial charge in [0.05, 0.1) is 6.42 Å². The van der Waals surface area contributed by atoms with Gasteiger partial charge in [0.15, 0.2) is 0 Å². The molecule has 17 heavy (non-hydrogen) atoms. The summed E-state index contributed by atoms with van der Waals surface area (Å²) in [5, 5.41) is 22.7. The Balaban J connectivity index is -0.0000000411. The van der Waals surface area contributed by atoms with E-state index in [0.717, 1.165) is 0 Å². The second-order valence-corrected chi connectivity index (χ2v) is 2.53. The van der Waals surface area contributed by atoms with Gasteiger partial charge >= 0.3 is 0 Å². The Morgan fingerprint density at radius 3 is 0.882 bits per heavy atom. The number of Topliss-reactive ketones (excluding diaryl/α,β-unsaturated/α-hetero) is 2. The molecule has 0 aromatic heterocycles. The fourth-order valence-electron chi connectivity index (χ4n) is 0.351. The van der Waals surface area contributed by atoms with E-state index in [0.29, 0.717) is 0 Å². The molecule has 0 saturated carbocycles. The Morgan fingerprint density at radius 2 is 0.882 bits per heavy atom. The van der Waals surface area contributed by atoms with Crippen molar-refractivity contribution in [3.63, 3.8) is 0 Å². The van der Waals surface area contributed by atoms with Gasteiger partial charge < -0.3 is 15.3 Å². The molecule has 0 atom stereocenters. The second kappa shape index (κ2) is 36.0. The molecule has 0 radical (unpaired) electrons. The molecule has 5 nitrogen and oxygen atoms in total. The Morgan fingerprint density at radius 1 is 0.765 bits per heavy atom. The zero-order valence-electron chi connectivity index (χ0n) is 11.5. The number of aliphatic hydroxyl groups is 3. The van der Waals surface area contributed by atoms with Crippen molar-refractivity contribution in [2.24, 2.45) is 0 Å². The van der Waals surface area contributed by atoms with E-state index >= 15 is 0 Å². The van der Waals surface area contributed by atoms with Crippen LogP contribution in [0, 0.1) is 0 Å². The molecular weight excluding hydrogens is 260 g/mol. The van der Waals surface area contributed by atoms with E-state index in [-0.39, 0.29) is 59.5 Å². The molecule has 0 aliphatic rings. The van der Waals surface area contributed by atoms with E-state index < -0.39 is 0 Å². The zero-order chi connectivity index (χ0) is 14.0. The fourth-order valence-corrected chi connectivity index (χ4v) is 0.351. The quantitative estimate of drug-likeness (QED) is 0.509. The van der Waals surface area contributed by atoms with E-state index in [4.69, 9.17) is 15.3 Å². The Labute approximate surface area is 119 Å². The minimum absolute atomic E-state index is 0. The standard InChI is InChI=1S/C5H8O2.3C2H6O.Ti/c1-4(6)3-5(2)7;3*1-2-3;/h3H2,1-2H3;3*3H,2H2,1H3;. The molecule has 3 N–H and O–H groups in total. The second-order valence-electron chi connectivity index (χ2n) is 2.53. The SMILES string of the molecule is CC(=O)CC(C)=O.CCO.CCO.CCO.[Ti]. The molecule has 0 unspecified atom stereocenters. The first kappa shape index (κ1) is 30.2. The van der Waals surface area contributed by atoms with Crippen molar-refractivity contribution >= 4 is 11.6 Å². The third kappa shape index (κ3) is 200. The van der Waals surface area contributed by atoms with E-state index in [1.165, 1.54) is 13.8 Å². The molecule has 0 aromatic rings. The maximum Gasteiger partial charge on any atom is 0.137 e. The van der Waals surface area contributed by atoms with Crippen LogP contribution in [-0.4, -0.2) is 46.7 Å². The molecule has 0 aromatic carbocycles. The van der Waals surface area contributed by atoms with Gasteiger partial charge in [0.2, 0.25) is 0 Å². The van der Waals surface area contributed by atoms with Gasteiger partial charge in [0.25, 0.3) is 0 Å². The van der Waals surface area contributed by atoms with Gasteiger partial charge in [-0.05, 0) is 34.6 Å². The first-order valence-corrected chi connectivity index (χ1v) is 5.19. The third-order valence-electron chi connectivity index (χ3n) is 0.498. The number of carbonyl (C=O) groups is 2. The maximum absolute atomic E-state index is 10.0. The normalized spacial score (nSPS) is 6.59. The van der Waals surface area contributed by atoms with Crippen molar-refractivity contribution in [2.45, 2.75) is 41.0 Å². The minimum Gasteiger partial charge on any atom is -0.397 e. The summed E-state index contributed by atoms with van der Waals surface area (Å²) in [5.74, 6) is -0.125. The van der Waals surface area contributed by atoms with Crippen molar-refractivity contribution < 1.29 is 46.6 Å². The van der Waals surface area contributed by atoms with Gasteiger partial charge in [-0.15, -0.1) is 0 Å². The molecule has 0 aliphatic carbocycles. The van der Waals surface area contributed by atoms with Crippen molar-refractivity contribution in [1.82, 2.24) is 0 Å². The number of carbonyl (C=O) groups excluding carboxylic acids is 2. The largest absolute Gasteiger partial charge is 0.397 e. The van der Waals surface area contributed by atoms with Crippen molar-refractivity contribution in [2.75, 3.05) is 19.8 Å². The Hall–Kier alpha value is -0.0657. The number of aliphatic hydroxyl groups excluding tert-OH is 3. The summed E-state index contributed by atoms with van der Waals surface area (Å²) in [6, 6.07) is 0. The summed E-state index contributed by atoms with van der Waals surface area (Å²) in [4.78, 5) is 20.1. The topological polar surface area (TPSA) is 94.8 Å². The van der Waals surface area contributed by atoms with Crippen molar-refractivity contribution in [3.05, 3.63) is 0 Å². The van der Waals surface area contributed by atoms with Crippen LogP contribution in [0.2, 0.25) is 0 Å². The van der Waals surface area contributed by atoms with E-state index in [1.54, 1.807) is 20.8 Å². The number of rotatable bonds is 2. The van der Waals surface area contributed by atoms with E-state index in [2.05, 4.69) is 0 Å². The molecule has 0 saturated heterocycles. The van der Waals surface area contributed by atoms with Crippen LogP contribution < -0.4 is 0 Å². The summed E-state index contributed by atoms with van der Waals surface area (Å²) in [6.45, 7) is 8.60. The van der Waals surface area contributed by atoms with Crippen LogP contribution in [0.25, 0.3) is 0 Å². The maximum atomic E-state index is 10.0. The molecule has 0 spiro atoms. The van der Waals surface area contributed by atoms with Crippen LogP contribution >= 0.6 is 0 Å². The van der Waals surface area contributed by atoms with Crippen LogP contribution in [0.1, 0.15) is 41.0 Å². The van der Waals surface area contributed by atoms with Crippen molar-refractivity contribution in [1.29, 1.82) is 0 Å². The van der Waals surface area contributed by atoms with E-state index in [9.17, 15) is 9.59 Å². The fraction of sp³-hybridized carbons (Fsp3) is 0.818. The average molecular weight is 286 g/mol. The van der Waals surface area contributed by atoms with E-state index in [1.807, 2.05) is 0 Å². The number of ketones is 2. The average Bonchev–Trinajstić information content (AvgIpc) is 2.04. The third-order valence-corrected chi connectivity index (χ3v) is 0.498. The van der Waals surface area contributed by atoms with Crippen LogP contribution in [0.3, 0.4) is 0 Å². The Kier molecular flexibility index (Phi) is 63.9. The summed E-state index contributed by atoms with van der Waals surface area (Å²) >= 11 is 0. The van der Waals surface area contributed by atoms with Crippen molar-refractivity contribution in [3.8, 4) is 0 Å². The molecule has 0 amide bonds. The Bertz CT molecular complexity index is 123. The predicted octanol–water partition coefficient (Wildman–Crippen LogP) is 0.548. The number of hydrogen-bond donors (Lipinski definition) is 3. The minimum atomic E-state index is -0.0625. The monoisotopic (exact) mass is 286 g/mol. The first-order chi connectivity index (χ1) is 7.37. The molecular formula is C11H26O5Ti. The molecule has 6 heteroatoms. The van der Waals surface area contributed by atoms with Crippen LogP contribution in [0.4, 0.5) is 0 Å². The van der Waals surface area contributed by atoms with Gasteiger partial charge in [-0.1, -0.05) is 0 Å². The van der Waals surface area contributed by atoms with Gasteiger partial charge in [-0.3, -0.25) is 9.59 Å². The molecule has 0 bridgehead atoms. The summed E-state index contributed by atoms with van der Waals surface area (Å²) in [6.07, 6.45) is 0.0833. The molecule has 0 rings (SSSR count). The summed E-state index contributed by atoms with van der Waals surface area (Å²) < 4.78 is 0. The molecule has 0 aliphatic heterocycles. The van der Waals surface area contributed by atoms with Gasteiger partial charge in [-0.25, -0.2) is 0 Å². The predicted molar refractivity (Wildman–Crippen MR) is 64.3 cm³/mol. The van der Waals surface area contributed by atoms with Crippen LogP contribution in [0.5, 0.6) is 0 Å². The summed E-state index contributed by atoms with van der Waals surface area (Å²) in [7, 11) is 0. The summed E-state index contributed by atoms with van der Waals surface area (Å²) in [5.41, 5.74) is 0. The number of hydrogen-bond acceptors (Lipinski definition) is 5. The zero-order valence-corrected chi connectivity index (χ0v) is 13.0. The van der Waals surface area contributed by atoms with Crippen LogP contribution in [-0.2, 0) is 31.3 Å². The van der Waals surface area contributed by atoms with Crippen LogP contribution in [0.15, 0.2) is 0 Å². The first-order valence-electron chi connectivity index (χ1n) is 5.19.